The molecular weight excluding hydrogens is 332 g/mol. The maximum Gasteiger partial charge on any atom is 0.250 e. The maximum absolute atomic E-state index is 12.3. The molecule has 26 heavy (non-hydrogen) atoms. The Morgan fingerprint density at radius 2 is 1.81 bits per heavy atom. The maximum atomic E-state index is 12.3. The Morgan fingerprint density at radius 3 is 2.50 bits per heavy atom. The molecule has 0 spiro atoms. The summed E-state index contributed by atoms with van der Waals surface area (Å²) in [5, 5.41) is 8.56. The molecule has 134 valence electrons. The van der Waals surface area contributed by atoms with Crippen LogP contribution in [-0.2, 0) is 22.7 Å². The zero-order valence-electron chi connectivity index (χ0n) is 14.2. The Bertz CT molecular complexity index is 800. The quantitative estimate of drug-likeness (QED) is 0.593. The number of amides is 2. The molecule has 2 aromatic carbocycles. The molecule has 6 heteroatoms. The summed E-state index contributed by atoms with van der Waals surface area (Å²) in [5.41, 5.74) is 4.02. The van der Waals surface area contributed by atoms with Crippen LogP contribution in [0.2, 0.25) is 0 Å². The number of rotatable bonds is 7. The summed E-state index contributed by atoms with van der Waals surface area (Å²) in [7, 11) is 0. The molecule has 0 atom stereocenters. The van der Waals surface area contributed by atoms with E-state index in [-0.39, 0.29) is 12.3 Å². The molecule has 2 N–H and O–H groups in total. The molecule has 3 rings (SSSR count). The fourth-order valence-electron chi connectivity index (χ4n) is 2.74. The highest BCUT2D eigenvalue weighted by Gasteiger charge is 2.25. The average Bonchev–Trinajstić information content (AvgIpc) is 3.01. The molecule has 0 fully saturated rings. The lowest BCUT2D eigenvalue weighted by Crippen LogP contribution is -2.28. The van der Waals surface area contributed by atoms with E-state index in [2.05, 4.69) is 0 Å². The van der Waals surface area contributed by atoms with Gasteiger partial charge in [-0.2, -0.15) is 0 Å². The number of benzene rings is 2. The molecule has 0 radical (unpaired) electrons. The number of hydroxylamine groups is 1. The van der Waals surface area contributed by atoms with Crippen molar-refractivity contribution in [1.29, 1.82) is 0 Å². The largest absolute Gasteiger partial charge is 0.489 e. The molecule has 0 aliphatic carbocycles. The standard InChI is InChI=1S/C20H20N2O4/c23-19(21-25)12-17-10-11-22(20(17)24)13-15-6-8-18(9-7-15)26-14-16-4-2-1-3-5-16/h1-10,25H,11-14H2,(H,21,23). The van der Waals surface area contributed by atoms with Crippen LogP contribution in [0.4, 0.5) is 0 Å². The second-order valence-electron chi connectivity index (χ2n) is 6.05. The van der Waals surface area contributed by atoms with Crippen molar-refractivity contribution < 1.29 is 19.5 Å². The minimum absolute atomic E-state index is 0.113. The van der Waals surface area contributed by atoms with Crippen LogP contribution in [0, 0.1) is 0 Å². The number of carbonyl (C=O) groups is 2. The Hall–Kier alpha value is -3.12. The lowest BCUT2D eigenvalue weighted by atomic mass is 10.1. The van der Waals surface area contributed by atoms with Gasteiger partial charge in [-0.15, -0.1) is 0 Å². The summed E-state index contributed by atoms with van der Waals surface area (Å²) in [6.07, 6.45) is 1.60. The monoisotopic (exact) mass is 352 g/mol. The van der Waals surface area contributed by atoms with Crippen LogP contribution < -0.4 is 10.2 Å². The first-order chi connectivity index (χ1) is 12.7. The molecule has 0 saturated heterocycles. The van der Waals surface area contributed by atoms with Gasteiger partial charge >= 0.3 is 0 Å². The van der Waals surface area contributed by atoms with Crippen molar-refractivity contribution in [3.8, 4) is 5.75 Å². The molecule has 1 heterocycles. The van der Waals surface area contributed by atoms with Crippen molar-refractivity contribution in [2.75, 3.05) is 6.54 Å². The van der Waals surface area contributed by atoms with Crippen LogP contribution in [0.3, 0.4) is 0 Å². The predicted octanol–water partition coefficient (Wildman–Crippen LogP) is 2.43. The fraction of sp³-hybridized carbons (Fsp3) is 0.200. The van der Waals surface area contributed by atoms with Crippen LogP contribution in [-0.4, -0.2) is 28.5 Å². The topological polar surface area (TPSA) is 78.9 Å². The van der Waals surface area contributed by atoms with Crippen molar-refractivity contribution in [3.63, 3.8) is 0 Å². The van der Waals surface area contributed by atoms with E-state index >= 15 is 0 Å². The van der Waals surface area contributed by atoms with E-state index in [0.29, 0.717) is 25.3 Å². The minimum atomic E-state index is -0.591. The Balaban J connectivity index is 1.52. The summed E-state index contributed by atoms with van der Waals surface area (Å²) in [5.74, 6) is -0.00634. The normalized spacial score (nSPS) is 13.5. The Morgan fingerprint density at radius 1 is 1.08 bits per heavy atom. The van der Waals surface area contributed by atoms with Gasteiger partial charge in [-0.25, -0.2) is 5.48 Å². The molecule has 0 unspecified atom stereocenters. The number of carbonyl (C=O) groups excluding carboxylic acids is 2. The molecule has 0 saturated carbocycles. The number of nitrogens with one attached hydrogen (secondary N) is 1. The number of hydrogen-bond donors (Lipinski definition) is 2. The molecule has 1 aliphatic heterocycles. The van der Waals surface area contributed by atoms with E-state index in [0.717, 1.165) is 16.9 Å². The van der Waals surface area contributed by atoms with Crippen LogP contribution in [0.1, 0.15) is 17.5 Å². The first-order valence-corrected chi connectivity index (χ1v) is 8.32. The van der Waals surface area contributed by atoms with E-state index in [1.807, 2.05) is 54.6 Å². The summed E-state index contributed by atoms with van der Waals surface area (Å²) in [6.45, 7) is 1.42. The van der Waals surface area contributed by atoms with E-state index in [1.54, 1.807) is 16.5 Å². The van der Waals surface area contributed by atoms with Gasteiger partial charge in [-0.1, -0.05) is 48.5 Å². The van der Waals surface area contributed by atoms with Gasteiger partial charge in [0.2, 0.25) is 5.91 Å². The van der Waals surface area contributed by atoms with Crippen LogP contribution >= 0.6 is 0 Å². The summed E-state index contributed by atoms with van der Waals surface area (Å²) in [4.78, 5) is 25.1. The second-order valence-corrected chi connectivity index (χ2v) is 6.05. The zero-order chi connectivity index (χ0) is 18.4. The molecule has 2 amide bonds. The van der Waals surface area contributed by atoms with E-state index in [1.165, 1.54) is 0 Å². The van der Waals surface area contributed by atoms with E-state index in [4.69, 9.17) is 9.94 Å². The summed E-state index contributed by atoms with van der Waals surface area (Å²) in [6, 6.07) is 17.5. The summed E-state index contributed by atoms with van der Waals surface area (Å²) < 4.78 is 5.75. The van der Waals surface area contributed by atoms with Gasteiger partial charge in [0.25, 0.3) is 5.91 Å². The van der Waals surface area contributed by atoms with Crippen LogP contribution in [0.5, 0.6) is 5.75 Å². The van der Waals surface area contributed by atoms with Crippen molar-refractivity contribution >= 4 is 11.8 Å². The highest BCUT2D eigenvalue weighted by Crippen LogP contribution is 2.20. The van der Waals surface area contributed by atoms with Gasteiger partial charge in [0.1, 0.15) is 12.4 Å². The SMILES string of the molecule is O=C(CC1=CCN(Cc2ccc(OCc3ccccc3)cc2)C1=O)NO. The average molecular weight is 352 g/mol. The minimum Gasteiger partial charge on any atom is -0.489 e. The zero-order valence-corrected chi connectivity index (χ0v) is 14.2. The van der Waals surface area contributed by atoms with Gasteiger partial charge in [-0.05, 0) is 23.3 Å². The molecule has 0 aromatic heterocycles. The first-order valence-electron chi connectivity index (χ1n) is 8.32. The molecular formula is C20H20N2O4. The van der Waals surface area contributed by atoms with Crippen molar-refractivity contribution in [1.82, 2.24) is 10.4 Å². The van der Waals surface area contributed by atoms with Gasteiger partial charge in [0.05, 0.1) is 6.42 Å². The molecule has 0 bridgehead atoms. The summed E-state index contributed by atoms with van der Waals surface area (Å²) >= 11 is 0. The highest BCUT2D eigenvalue weighted by atomic mass is 16.5. The lowest BCUT2D eigenvalue weighted by Gasteiger charge is -2.17. The number of ether oxygens (including phenoxy) is 1. The first kappa shape index (κ1) is 17.7. The third-order valence-electron chi connectivity index (χ3n) is 4.14. The molecule has 6 nitrogen and oxygen atoms in total. The van der Waals surface area contributed by atoms with E-state index in [9.17, 15) is 9.59 Å². The lowest BCUT2D eigenvalue weighted by molar-refractivity contribution is -0.131. The highest BCUT2D eigenvalue weighted by molar-refractivity contribution is 6.00. The number of nitrogens with zero attached hydrogens (tertiary/aromatic N) is 1. The second kappa shape index (κ2) is 8.31. The van der Waals surface area contributed by atoms with Gasteiger partial charge in [0.15, 0.2) is 0 Å². The molecule has 2 aromatic rings. The third-order valence-corrected chi connectivity index (χ3v) is 4.14. The molecule has 1 aliphatic rings. The van der Waals surface area contributed by atoms with Crippen molar-refractivity contribution in [3.05, 3.63) is 77.4 Å². The van der Waals surface area contributed by atoms with Crippen molar-refractivity contribution in [2.45, 2.75) is 19.6 Å². The van der Waals surface area contributed by atoms with Crippen LogP contribution in [0.15, 0.2) is 66.2 Å². The smallest absolute Gasteiger partial charge is 0.250 e. The van der Waals surface area contributed by atoms with Gasteiger partial charge in [-0.3, -0.25) is 14.8 Å². The van der Waals surface area contributed by atoms with Gasteiger partial charge < -0.3 is 9.64 Å². The van der Waals surface area contributed by atoms with E-state index < -0.39 is 5.91 Å². The third kappa shape index (κ3) is 4.49. The van der Waals surface area contributed by atoms with Gasteiger partial charge in [0, 0.05) is 18.7 Å². The Labute approximate surface area is 151 Å². The van der Waals surface area contributed by atoms with Crippen molar-refractivity contribution in [2.24, 2.45) is 0 Å². The Kier molecular flexibility index (Phi) is 5.66. The fourth-order valence-corrected chi connectivity index (χ4v) is 2.74. The predicted molar refractivity (Wildman–Crippen MR) is 95.3 cm³/mol. The number of hydrogen-bond acceptors (Lipinski definition) is 4. The van der Waals surface area contributed by atoms with Crippen LogP contribution in [0.25, 0.3) is 0 Å².